The number of amides is 1. The van der Waals surface area contributed by atoms with Gasteiger partial charge in [-0.1, -0.05) is 18.5 Å². The maximum absolute atomic E-state index is 12.3. The third-order valence-electron chi connectivity index (χ3n) is 3.35. The van der Waals surface area contributed by atoms with Crippen LogP contribution in [-0.2, 0) is 0 Å². The fraction of sp³-hybridized carbons (Fsp3) is 0.583. The van der Waals surface area contributed by atoms with Crippen LogP contribution in [0.4, 0.5) is 0 Å². The van der Waals surface area contributed by atoms with E-state index in [2.05, 4.69) is 6.92 Å². The van der Waals surface area contributed by atoms with Crippen LogP contribution in [0, 0.1) is 5.92 Å². The van der Waals surface area contributed by atoms with Crippen molar-refractivity contribution >= 4 is 28.8 Å². The summed E-state index contributed by atoms with van der Waals surface area (Å²) < 4.78 is 0.624. The van der Waals surface area contributed by atoms with Crippen LogP contribution in [0.3, 0.4) is 0 Å². The molecule has 0 aliphatic carbocycles. The second-order valence-corrected chi connectivity index (χ2v) is 6.19. The van der Waals surface area contributed by atoms with Crippen LogP contribution < -0.4 is 0 Å². The van der Waals surface area contributed by atoms with Crippen molar-refractivity contribution in [3.8, 4) is 0 Å². The number of aliphatic hydroxyl groups is 1. The van der Waals surface area contributed by atoms with Crippen molar-refractivity contribution in [2.75, 3.05) is 13.2 Å². The molecule has 2 unspecified atom stereocenters. The van der Waals surface area contributed by atoms with Gasteiger partial charge in [0.15, 0.2) is 0 Å². The van der Waals surface area contributed by atoms with Gasteiger partial charge in [-0.3, -0.25) is 4.79 Å². The van der Waals surface area contributed by atoms with E-state index in [1.54, 1.807) is 17.0 Å². The number of nitrogens with zero attached hydrogens (tertiary/aromatic N) is 1. The van der Waals surface area contributed by atoms with Crippen LogP contribution in [0.1, 0.15) is 29.4 Å². The van der Waals surface area contributed by atoms with Gasteiger partial charge in [-0.2, -0.15) is 0 Å². The Kier molecular flexibility index (Phi) is 4.07. The Labute approximate surface area is 110 Å². The molecule has 5 heteroatoms. The van der Waals surface area contributed by atoms with Crippen LogP contribution in [0.2, 0.25) is 4.34 Å². The number of piperidine rings is 1. The minimum absolute atomic E-state index is 0.00694. The summed E-state index contributed by atoms with van der Waals surface area (Å²) in [6, 6.07) is 3.43. The van der Waals surface area contributed by atoms with Gasteiger partial charge in [-0.15, -0.1) is 11.3 Å². The van der Waals surface area contributed by atoms with Gasteiger partial charge in [0.1, 0.15) is 0 Å². The molecule has 1 aliphatic heterocycles. The highest BCUT2D eigenvalue weighted by atomic mass is 35.5. The van der Waals surface area contributed by atoms with Crippen LogP contribution >= 0.6 is 22.9 Å². The smallest absolute Gasteiger partial charge is 0.264 e. The molecule has 2 rings (SSSR count). The maximum Gasteiger partial charge on any atom is 0.264 e. The quantitative estimate of drug-likeness (QED) is 0.900. The van der Waals surface area contributed by atoms with E-state index in [9.17, 15) is 9.90 Å². The Morgan fingerprint density at radius 1 is 1.65 bits per heavy atom. The molecule has 94 valence electrons. The molecular formula is C12H16ClNO2S. The number of aliphatic hydroxyl groups excluding tert-OH is 1. The zero-order valence-electron chi connectivity index (χ0n) is 9.73. The number of hydrogen-bond acceptors (Lipinski definition) is 3. The van der Waals surface area contributed by atoms with E-state index in [1.807, 2.05) is 0 Å². The summed E-state index contributed by atoms with van der Waals surface area (Å²) in [5.41, 5.74) is 0. The second-order valence-electron chi connectivity index (χ2n) is 4.47. The first kappa shape index (κ1) is 12.9. The average Bonchev–Trinajstić information content (AvgIpc) is 2.74. The number of carbonyl (C=O) groups is 1. The van der Waals surface area contributed by atoms with Crippen LogP contribution in [0.15, 0.2) is 12.1 Å². The van der Waals surface area contributed by atoms with E-state index in [4.69, 9.17) is 11.6 Å². The molecule has 1 N–H and O–H groups in total. The van der Waals surface area contributed by atoms with E-state index in [-0.39, 0.29) is 18.6 Å². The highest BCUT2D eigenvalue weighted by Gasteiger charge is 2.32. The highest BCUT2D eigenvalue weighted by molar-refractivity contribution is 7.17. The van der Waals surface area contributed by atoms with Gasteiger partial charge in [-0.05, 0) is 30.9 Å². The summed E-state index contributed by atoms with van der Waals surface area (Å²) in [5.74, 6) is 0.348. The summed E-state index contributed by atoms with van der Waals surface area (Å²) in [7, 11) is 0. The minimum Gasteiger partial charge on any atom is -0.394 e. The van der Waals surface area contributed by atoms with Gasteiger partial charge >= 0.3 is 0 Å². The van der Waals surface area contributed by atoms with Crippen molar-refractivity contribution in [3.05, 3.63) is 21.3 Å². The molecule has 0 spiro atoms. The Hall–Kier alpha value is -0.580. The van der Waals surface area contributed by atoms with Crippen molar-refractivity contribution in [3.63, 3.8) is 0 Å². The minimum atomic E-state index is -0.0582. The highest BCUT2D eigenvalue weighted by Crippen LogP contribution is 2.28. The van der Waals surface area contributed by atoms with Crippen LogP contribution in [0.25, 0.3) is 0 Å². The zero-order chi connectivity index (χ0) is 12.4. The van der Waals surface area contributed by atoms with Gasteiger partial charge in [0.2, 0.25) is 0 Å². The SMILES string of the molecule is CC1CCCN(C(=O)c2ccc(Cl)s2)C1CO. The van der Waals surface area contributed by atoms with E-state index in [0.29, 0.717) is 15.1 Å². The van der Waals surface area contributed by atoms with Crippen molar-refractivity contribution in [1.82, 2.24) is 4.90 Å². The van der Waals surface area contributed by atoms with E-state index >= 15 is 0 Å². The van der Waals surface area contributed by atoms with Crippen LogP contribution in [-0.4, -0.2) is 35.1 Å². The topological polar surface area (TPSA) is 40.5 Å². The van der Waals surface area contributed by atoms with Gasteiger partial charge in [0, 0.05) is 6.54 Å². The molecule has 3 nitrogen and oxygen atoms in total. The standard InChI is InChI=1S/C12H16ClNO2S/c1-8-3-2-6-14(9(8)7-15)12(16)10-4-5-11(13)17-10/h4-5,8-9,15H,2-3,6-7H2,1H3. The molecule has 0 saturated carbocycles. The average molecular weight is 274 g/mol. The lowest BCUT2D eigenvalue weighted by atomic mass is 9.91. The summed E-state index contributed by atoms with van der Waals surface area (Å²) in [6.45, 7) is 2.84. The van der Waals surface area contributed by atoms with E-state index < -0.39 is 0 Å². The molecule has 1 aromatic heterocycles. The molecule has 0 radical (unpaired) electrons. The lowest BCUT2D eigenvalue weighted by molar-refractivity contribution is 0.0363. The van der Waals surface area contributed by atoms with Crippen molar-refractivity contribution in [1.29, 1.82) is 0 Å². The number of likely N-dealkylation sites (tertiary alicyclic amines) is 1. The fourth-order valence-electron chi connectivity index (χ4n) is 2.35. The predicted octanol–water partition coefficient (Wildman–Crippen LogP) is 2.63. The Balaban J connectivity index is 2.17. The summed E-state index contributed by atoms with van der Waals surface area (Å²) in [5, 5.41) is 9.42. The fourth-order valence-corrected chi connectivity index (χ4v) is 3.35. The Morgan fingerprint density at radius 2 is 2.41 bits per heavy atom. The number of hydrogen-bond donors (Lipinski definition) is 1. The molecule has 1 aliphatic rings. The first-order valence-electron chi connectivity index (χ1n) is 5.80. The van der Waals surface area contributed by atoms with Crippen molar-refractivity contribution < 1.29 is 9.90 Å². The normalized spacial score (nSPS) is 25.0. The van der Waals surface area contributed by atoms with E-state index in [1.165, 1.54) is 11.3 Å². The molecule has 17 heavy (non-hydrogen) atoms. The molecule has 0 aromatic carbocycles. The van der Waals surface area contributed by atoms with Gasteiger partial charge < -0.3 is 10.0 Å². The molecule has 1 fully saturated rings. The van der Waals surface area contributed by atoms with E-state index in [0.717, 1.165) is 19.4 Å². The van der Waals surface area contributed by atoms with Gasteiger partial charge in [0.05, 0.1) is 21.9 Å². The molecule has 1 saturated heterocycles. The lowest BCUT2D eigenvalue weighted by Crippen LogP contribution is -2.49. The molecule has 2 atom stereocenters. The van der Waals surface area contributed by atoms with Gasteiger partial charge in [0.25, 0.3) is 5.91 Å². The number of carbonyl (C=O) groups excluding carboxylic acids is 1. The molecule has 1 aromatic rings. The predicted molar refractivity (Wildman–Crippen MR) is 69.6 cm³/mol. The van der Waals surface area contributed by atoms with Crippen molar-refractivity contribution in [2.24, 2.45) is 5.92 Å². The maximum atomic E-state index is 12.3. The molecule has 2 heterocycles. The summed E-state index contributed by atoms with van der Waals surface area (Å²) in [6.07, 6.45) is 2.07. The summed E-state index contributed by atoms with van der Waals surface area (Å²) >= 11 is 7.14. The summed E-state index contributed by atoms with van der Waals surface area (Å²) in [4.78, 5) is 14.7. The molecule has 0 bridgehead atoms. The first-order chi connectivity index (χ1) is 8.13. The monoisotopic (exact) mass is 273 g/mol. The molecule has 1 amide bonds. The van der Waals surface area contributed by atoms with Gasteiger partial charge in [-0.25, -0.2) is 0 Å². The third kappa shape index (κ3) is 2.64. The Bertz CT molecular complexity index is 407. The number of halogens is 1. The largest absolute Gasteiger partial charge is 0.394 e. The number of rotatable bonds is 2. The first-order valence-corrected chi connectivity index (χ1v) is 7.00. The zero-order valence-corrected chi connectivity index (χ0v) is 11.3. The van der Waals surface area contributed by atoms with Crippen LogP contribution in [0.5, 0.6) is 0 Å². The number of thiophene rings is 1. The Morgan fingerprint density at radius 3 is 3.00 bits per heavy atom. The third-order valence-corrected chi connectivity index (χ3v) is 4.57. The second kappa shape index (κ2) is 5.38. The molecular weight excluding hydrogens is 258 g/mol. The lowest BCUT2D eigenvalue weighted by Gasteiger charge is -2.38. The van der Waals surface area contributed by atoms with Crippen molar-refractivity contribution in [2.45, 2.75) is 25.8 Å².